The molecule has 1 aliphatic rings. The lowest BCUT2D eigenvalue weighted by Crippen LogP contribution is -2.37. The Labute approximate surface area is 193 Å². The first-order valence-corrected chi connectivity index (χ1v) is 11.1. The lowest BCUT2D eigenvalue weighted by Gasteiger charge is -2.35. The topological polar surface area (TPSA) is 74.3 Å². The summed E-state index contributed by atoms with van der Waals surface area (Å²) in [7, 11) is 1.66. The van der Waals surface area contributed by atoms with E-state index in [4.69, 9.17) is 9.15 Å². The van der Waals surface area contributed by atoms with Crippen LogP contribution in [0.1, 0.15) is 48.0 Å². The molecule has 1 unspecified atom stereocenters. The van der Waals surface area contributed by atoms with E-state index in [9.17, 15) is 9.65 Å². The van der Waals surface area contributed by atoms with Gasteiger partial charge in [-0.15, -0.1) is 0 Å². The molecule has 1 aromatic heterocycles. The summed E-state index contributed by atoms with van der Waals surface area (Å²) in [6, 6.07) is 16.5. The average molecular weight is 447 g/mol. The predicted octanol–water partition coefficient (Wildman–Crippen LogP) is 5.50. The largest absolute Gasteiger partial charge is 0.497 e. The predicted molar refractivity (Wildman–Crippen MR) is 126 cm³/mol. The van der Waals surface area contributed by atoms with Crippen LogP contribution in [-0.2, 0) is 0 Å². The molecule has 3 aromatic rings. The van der Waals surface area contributed by atoms with E-state index >= 15 is 0 Å². The molecule has 1 atom stereocenters. The van der Waals surface area contributed by atoms with E-state index in [2.05, 4.69) is 33.4 Å². The Hall–Kier alpha value is -3.63. The van der Waals surface area contributed by atoms with Crippen molar-refractivity contribution >= 4 is 18.0 Å². The van der Waals surface area contributed by atoms with Crippen molar-refractivity contribution in [3.05, 3.63) is 77.1 Å². The van der Waals surface area contributed by atoms with Gasteiger partial charge in [0.25, 0.3) is 0 Å². The summed E-state index contributed by atoms with van der Waals surface area (Å²) in [5, 5.41) is 12.8. The SMILES string of the molecule is COc1ccc(C(CNc2oc(C=Cc3ccc(F)cc3)nc2C#N)N2CCCCC2)cc1. The van der Waals surface area contributed by atoms with Crippen LogP contribution in [-0.4, -0.2) is 36.6 Å². The minimum absolute atomic E-state index is 0.131. The van der Waals surface area contributed by atoms with Crippen molar-refractivity contribution in [3.63, 3.8) is 0 Å². The van der Waals surface area contributed by atoms with E-state index in [1.54, 1.807) is 31.4 Å². The number of ether oxygens (including phenoxy) is 1. The van der Waals surface area contributed by atoms with Crippen LogP contribution >= 0.6 is 0 Å². The number of hydrogen-bond acceptors (Lipinski definition) is 6. The number of halogens is 1. The van der Waals surface area contributed by atoms with Gasteiger partial charge < -0.3 is 14.5 Å². The van der Waals surface area contributed by atoms with Crippen molar-refractivity contribution in [1.82, 2.24) is 9.88 Å². The summed E-state index contributed by atoms with van der Waals surface area (Å²) in [6.07, 6.45) is 7.05. The summed E-state index contributed by atoms with van der Waals surface area (Å²) >= 11 is 0. The molecule has 1 aliphatic heterocycles. The second kappa shape index (κ2) is 10.8. The number of oxazole rings is 1. The zero-order valence-corrected chi connectivity index (χ0v) is 18.6. The number of nitrogens with one attached hydrogen (secondary N) is 1. The van der Waals surface area contributed by atoms with Gasteiger partial charge in [-0.25, -0.2) is 4.39 Å². The molecule has 170 valence electrons. The molecule has 0 saturated carbocycles. The molecular formula is C26H27FN4O2. The number of piperidine rings is 1. The van der Waals surface area contributed by atoms with Gasteiger partial charge in [0, 0.05) is 12.6 Å². The maximum Gasteiger partial charge on any atom is 0.232 e. The molecule has 2 heterocycles. The number of aromatic nitrogens is 1. The third kappa shape index (κ3) is 5.79. The van der Waals surface area contributed by atoms with Crippen molar-refractivity contribution in [2.75, 3.05) is 32.1 Å². The molecule has 1 saturated heterocycles. The Bertz CT molecular complexity index is 1110. The van der Waals surface area contributed by atoms with Crippen molar-refractivity contribution in [2.24, 2.45) is 0 Å². The first-order chi connectivity index (χ1) is 16.2. The molecule has 1 fully saturated rings. The smallest absolute Gasteiger partial charge is 0.232 e. The molecular weight excluding hydrogens is 419 g/mol. The van der Waals surface area contributed by atoms with Crippen molar-refractivity contribution in [3.8, 4) is 11.8 Å². The Kier molecular flexibility index (Phi) is 7.38. The van der Waals surface area contributed by atoms with Crippen molar-refractivity contribution < 1.29 is 13.5 Å². The van der Waals surface area contributed by atoms with E-state index in [1.165, 1.54) is 37.0 Å². The quantitative estimate of drug-likeness (QED) is 0.492. The number of rotatable bonds is 8. The van der Waals surface area contributed by atoms with Gasteiger partial charge in [0.2, 0.25) is 17.5 Å². The summed E-state index contributed by atoms with van der Waals surface area (Å²) in [5.74, 6) is 1.20. The zero-order valence-electron chi connectivity index (χ0n) is 18.6. The van der Waals surface area contributed by atoms with Gasteiger partial charge >= 0.3 is 0 Å². The molecule has 0 aliphatic carbocycles. The van der Waals surface area contributed by atoms with Crippen LogP contribution in [0.5, 0.6) is 5.75 Å². The van der Waals surface area contributed by atoms with E-state index in [1.807, 2.05) is 12.1 Å². The van der Waals surface area contributed by atoms with Gasteiger partial charge in [-0.3, -0.25) is 4.90 Å². The van der Waals surface area contributed by atoms with E-state index in [-0.39, 0.29) is 17.6 Å². The van der Waals surface area contributed by atoms with Crippen molar-refractivity contribution in [1.29, 1.82) is 5.26 Å². The van der Waals surface area contributed by atoms with Gasteiger partial charge in [0.05, 0.1) is 13.2 Å². The van der Waals surface area contributed by atoms with Gasteiger partial charge in [-0.1, -0.05) is 30.7 Å². The fourth-order valence-corrected chi connectivity index (χ4v) is 4.05. The van der Waals surface area contributed by atoms with E-state index in [0.29, 0.717) is 18.3 Å². The summed E-state index contributed by atoms with van der Waals surface area (Å²) < 4.78 is 24.2. The fourth-order valence-electron chi connectivity index (χ4n) is 4.05. The first kappa shape index (κ1) is 22.6. The summed E-state index contributed by atoms with van der Waals surface area (Å²) in [6.45, 7) is 2.65. The van der Waals surface area contributed by atoms with Crippen LogP contribution < -0.4 is 10.1 Å². The molecule has 4 rings (SSSR count). The lowest BCUT2D eigenvalue weighted by molar-refractivity contribution is 0.170. The maximum atomic E-state index is 13.1. The lowest BCUT2D eigenvalue weighted by atomic mass is 10.0. The van der Waals surface area contributed by atoms with Crippen LogP contribution in [0, 0.1) is 17.1 Å². The Morgan fingerprint density at radius 2 is 1.85 bits per heavy atom. The van der Waals surface area contributed by atoms with Gasteiger partial charge in [-0.2, -0.15) is 10.2 Å². The van der Waals surface area contributed by atoms with Gasteiger partial charge in [-0.05, 0) is 67.4 Å². The third-order valence-corrected chi connectivity index (χ3v) is 5.83. The average Bonchev–Trinajstić information content (AvgIpc) is 3.27. The van der Waals surface area contributed by atoms with Gasteiger partial charge in [0.15, 0.2) is 0 Å². The first-order valence-electron chi connectivity index (χ1n) is 11.1. The monoisotopic (exact) mass is 446 g/mol. The molecule has 2 aromatic carbocycles. The maximum absolute atomic E-state index is 13.1. The van der Waals surface area contributed by atoms with Crippen LogP contribution in [0.3, 0.4) is 0 Å². The number of hydrogen-bond donors (Lipinski definition) is 1. The highest BCUT2D eigenvalue weighted by atomic mass is 19.1. The fraction of sp³-hybridized carbons (Fsp3) is 0.308. The highest BCUT2D eigenvalue weighted by Gasteiger charge is 2.23. The minimum atomic E-state index is -0.290. The summed E-state index contributed by atoms with van der Waals surface area (Å²) in [5.41, 5.74) is 2.20. The highest BCUT2D eigenvalue weighted by Crippen LogP contribution is 2.28. The zero-order chi connectivity index (χ0) is 23.0. The normalized spacial score (nSPS) is 15.3. The number of methoxy groups -OCH3 is 1. The molecule has 0 radical (unpaired) electrons. The molecule has 33 heavy (non-hydrogen) atoms. The van der Waals surface area contributed by atoms with E-state index < -0.39 is 0 Å². The highest BCUT2D eigenvalue weighted by molar-refractivity contribution is 5.67. The molecule has 7 heteroatoms. The van der Waals surface area contributed by atoms with Crippen LogP contribution in [0.25, 0.3) is 12.2 Å². The molecule has 6 nitrogen and oxygen atoms in total. The molecule has 0 amide bonds. The molecule has 0 spiro atoms. The van der Waals surface area contributed by atoms with Crippen LogP contribution in [0.15, 0.2) is 52.9 Å². The van der Waals surface area contributed by atoms with Crippen LogP contribution in [0.2, 0.25) is 0 Å². The Morgan fingerprint density at radius 1 is 1.12 bits per heavy atom. The number of benzene rings is 2. The number of nitriles is 1. The molecule has 1 N–H and O–H groups in total. The second-order valence-electron chi connectivity index (χ2n) is 7.99. The van der Waals surface area contributed by atoms with Crippen molar-refractivity contribution in [2.45, 2.75) is 25.3 Å². The van der Waals surface area contributed by atoms with E-state index in [0.717, 1.165) is 24.4 Å². The molecule has 0 bridgehead atoms. The van der Waals surface area contributed by atoms with Crippen LogP contribution in [0.4, 0.5) is 10.3 Å². The second-order valence-corrected chi connectivity index (χ2v) is 7.99. The summed E-state index contributed by atoms with van der Waals surface area (Å²) in [4.78, 5) is 6.73. The Morgan fingerprint density at radius 3 is 2.52 bits per heavy atom. The number of nitrogens with zero attached hydrogens (tertiary/aromatic N) is 3. The number of likely N-dealkylation sites (tertiary alicyclic amines) is 1. The van der Waals surface area contributed by atoms with Gasteiger partial charge in [0.1, 0.15) is 17.6 Å². The third-order valence-electron chi connectivity index (χ3n) is 5.83. The minimum Gasteiger partial charge on any atom is -0.497 e. The standard InChI is InChI=1S/C26H27FN4O2/c1-32-22-12-8-20(9-13-22)24(31-15-3-2-4-16-31)18-29-26-23(17-28)30-25(33-26)14-7-19-5-10-21(27)11-6-19/h5-14,24,29H,2-4,15-16,18H2,1H3. The number of anilines is 1. The Balaban J connectivity index is 1.50.